The van der Waals surface area contributed by atoms with Crippen molar-refractivity contribution in [2.45, 2.75) is 20.3 Å². The fraction of sp³-hybridized carbons (Fsp3) is 0.357. The third kappa shape index (κ3) is 2.43. The highest BCUT2D eigenvalue weighted by Gasteiger charge is 2.45. The second-order valence-electron chi connectivity index (χ2n) is 5.04. The predicted octanol–water partition coefficient (Wildman–Crippen LogP) is 1.88. The van der Waals surface area contributed by atoms with E-state index in [4.69, 9.17) is 10.00 Å². The Morgan fingerprint density at radius 1 is 1.32 bits per heavy atom. The Bertz CT molecular complexity index is 555. The van der Waals surface area contributed by atoms with Gasteiger partial charge in [0.1, 0.15) is 11.8 Å². The normalized spacial score (nSPS) is 17.4. The molecule has 0 radical (unpaired) electrons. The highest BCUT2D eigenvalue weighted by Crippen LogP contribution is 2.35. The molecule has 2 rings (SSSR count). The Hall–Kier alpha value is -2.35. The van der Waals surface area contributed by atoms with Crippen molar-refractivity contribution in [1.29, 1.82) is 5.26 Å². The molecule has 0 N–H and O–H groups in total. The van der Waals surface area contributed by atoms with E-state index in [1.165, 1.54) is 4.90 Å². The number of ether oxygens (including phenoxy) is 1. The van der Waals surface area contributed by atoms with Crippen molar-refractivity contribution in [1.82, 2.24) is 0 Å². The van der Waals surface area contributed by atoms with Crippen LogP contribution < -0.4 is 9.64 Å². The average Bonchev–Trinajstić information content (AvgIpc) is 2.57. The summed E-state index contributed by atoms with van der Waals surface area (Å²) in [5.41, 5.74) is -0.113. The number of benzene rings is 1. The van der Waals surface area contributed by atoms with Crippen LogP contribution in [-0.4, -0.2) is 18.4 Å². The third-order valence-corrected chi connectivity index (χ3v) is 3.02. The first-order chi connectivity index (χ1) is 8.95. The zero-order chi connectivity index (χ0) is 14.0. The fourth-order valence-electron chi connectivity index (χ4n) is 2.02. The molecule has 0 atom stereocenters. The number of hydrogen-bond acceptors (Lipinski definition) is 4. The van der Waals surface area contributed by atoms with E-state index >= 15 is 0 Å². The maximum Gasteiger partial charge on any atom is 0.239 e. The SMILES string of the molecule is CC1(C)CC(=O)N(c2ccc(OCC#N)cc2)C1=O. The van der Waals surface area contributed by atoms with Crippen LogP contribution in [0.5, 0.6) is 5.75 Å². The van der Waals surface area contributed by atoms with E-state index in [1.54, 1.807) is 38.1 Å². The van der Waals surface area contributed by atoms with E-state index in [0.717, 1.165) is 0 Å². The Balaban J connectivity index is 2.21. The number of nitriles is 1. The molecule has 1 aromatic carbocycles. The molecule has 1 saturated heterocycles. The number of imide groups is 1. The van der Waals surface area contributed by atoms with E-state index < -0.39 is 5.41 Å². The summed E-state index contributed by atoms with van der Waals surface area (Å²) >= 11 is 0. The molecular formula is C14H14N2O3. The number of amides is 2. The molecule has 0 spiro atoms. The molecule has 1 fully saturated rings. The topological polar surface area (TPSA) is 70.4 Å². The van der Waals surface area contributed by atoms with Crippen LogP contribution >= 0.6 is 0 Å². The summed E-state index contributed by atoms with van der Waals surface area (Å²) in [6.07, 6.45) is 0.221. The monoisotopic (exact) mass is 258 g/mol. The van der Waals surface area contributed by atoms with Crippen LogP contribution in [0, 0.1) is 16.7 Å². The lowest BCUT2D eigenvalue weighted by Crippen LogP contribution is -2.32. The Kier molecular flexibility index (Phi) is 3.26. The number of carbonyl (C=O) groups is 2. The van der Waals surface area contributed by atoms with Gasteiger partial charge in [-0.1, -0.05) is 13.8 Å². The van der Waals surface area contributed by atoms with Gasteiger partial charge in [-0.05, 0) is 24.3 Å². The van der Waals surface area contributed by atoms with Gasteiger partial charge in [0, 0.05) is 6.42 Å². The predicted molar refractivity (Wildman–Crippen MR) is 68.4 cm³/mol. The van der Waals surface area contributed by atoms with Crippen LogP contribution in [0.25, 0.3) is 0 Å². The molecule has 0 bridgehead atoms. The van der Waals surface area contributed by atoms with E-state index in [0.29, 0.717) is 11.4 Å². The molecular weight excluding hydrogens is 244 g/mol. The number of hydrogen-bond donors (Lipinski definition) is 0. The van der Waals surface area contributed by atoms with Gasteiger partial charge >= 0.3 is 0 Å². The van der Waals surface area contributed by atoms with Crippen LogP contribution in [0.3, 0.4) is 0 Å². The van der Waals surface area contributed by atoms with Crippen LogP contribution in [0.4, 0.5) is 5.69 Å². The lowest BCUT2D eigenvalue weighted by molar-refractivity contribution is -0.124. The van der Waals surface area contributed by atoms with Gasteiger partial charge < -0.3 is 4.74 Å². The summed E-state index contributed by atoms with van der Waals surface area (Å²) in [6.45, 7) is 3.49. The quantitative estimate of drug-likeness (QED) is 0.776. The minimum atomic E-state index is -0.646. The second kappa shape index (κ2) is 4.73. The maximum absolute atomic E-state index is 12.1. The van der Waals surface area contributed by atoms with E-state index in [1.807, 2.05) is 6.07 Å². The minimum Gasteiger partial charge on any atom is -0.479 e. The lowest BCUT2D eigenvalue weighted by atomic mass is 9.92. The van der Waals surface area contributed by atoms with Gasteiger partial charge in [0.25, 0.3) is 0 Å². The van der Waals surface area contributed by atoms with Crippen LogP contribution in [0.1, 0.15) is 20.3 Å². The second-order valence-corrected chi connectivity index (χ2v) is 5.04. The van der Waals surface area contributed by atoms with Gasteiger partial charge in [-0.2, -0.15) is 5.26 Å². The first-order valence-corrected chi connectivity index (χ1v) is 5.93. The molecule has 0 unspecified atom stereocenters. The van der Waals surface area contributed by atoms with Crippen molar-refractivity contribution in [3.8, 4) is 11.8 Å². The average molecular weight is 258 g/mol. The molecule has 1 aliphatic heterocycles. The summed E-state index contributed by atoms with van der Waals surface area (Å²) in [5.74, 6) is 0.146. The molecule has 0 aliphatic carbocycles. The van der Waals surface area contributed by atoms with Crippen molar-refractivity contribution in [2.24, 2.45) is 5.41 Å². The molecule has 5 nitrogen and oxygen atoms in total. The number of carbonyl (C=O) groups excluding carboxylic acids is 2. The number of rotatable bonds is 3. The van der Waals surface area contributed by atoms with Gasteiger partial charge in [-0.15, -0.1) is 0 Å². The van der Waals surface area contributed by atoms with E-state index in [-0.39, 0.29) is 24.8 Å². The van der Waals surface area contributed by atoms with Gasteiger partial charge in [-0.3, -0.25) is 14.5 Å². The van der Waals surface area contributed by atoms with Gasteiger partial charge in [0.2, 0.25) is 11.8 Å². The summed E-state index contributed by atoms with van der Waals surface area (Å²) in [4.78, 5) is 25.2. The highest BCUT2D eigenvalue weighted by atomic mass is 16.5. The standard InChI is InChI=1S/C14H14N2O3/c1-14(2)9-12(17)16(13(14)18)10-3-5-11(6-4-10)19-8-7-15/h3-6H,8-9H2,1-2H3. The molecule has 1 aliphatic rings. The van der Waals surface area contributed by atoms with Gasteiger partial charge in [-0.25, -0.2) is 0 Å². The van der Waals surface area contributed by atoms with Crippen molar-refractivity contribution in [3.05, 3.63) is 24.3 Å². The zero-order valence-corrected chi connectivity index (χ0v) is 10.8. The Morgan fingerprint density at radius 2 is 1.95 bits per heavy atom. The van der Waals surface area contributed by atoms with Crippen molar-refractivity contribution in [2.75, 3.05) is 11.5 Å². The summed E-state index contributed by atoms with van der Waals surface area (Å²) in [6, 6.07) is 8.43. The first-order valence-electron chi connectivity index (χ1n) is 5.93. The van der Waals surface area contributed by atoms with Crippen molar-refractivity contribution >= 4 is 17.5 Å². The van der Waals surface area contributed by atoms with Crippen LogP contribution in [-0.2, 0) is 9.59 Å². The maximum atomic E-state index is 12.1. The number of nitrogens with zero attached hydrogens (tertiary/aromatic N) is 2. The molecule has 5 heteroatoms. The Labute approximate surface area is 111 Å². The molecule has 98 valence electrons. The summed E-state index contributed by atoms with van der Waals surface area (Å²) in [7, 11) is 0. The molecule has 1 aromatic rings. The van der Waals surface area contributed by atoms with Gasteiger partial charge in [0.05, 0.1) is 11.1 Å². The van der Waals surface area contributed by atoms with Crippen molar-refractivity contribution in [3.63, 3.8) is 0 Å². The van der Waals surface area contributed by atoms with E-state index in [2.05, 4.69) is 0 Å². The smallest absolute Gasteiger partial charge is 0.239 e. The molecule has 0 aromatic heterocycles. The van der Waals surface area contributed by atoms with Crippen molar-refractivity contribution < 1.29 is 14.3 Å². The van der Waals surface area contributed by atoms with E-state index in [9.17, 15) is 9.59 Å². The molecule has 19 heavy (non-hydrogen) atoms. The zero-order valence-electron chi connectivity index (χ0n) is 10.8. The summed E-state index contributed by atoms with van der Waals surface area (Å²) in [5, 5.41) is 8.41. The number of anilines is 1. The Morgan fingerprint density at radius 3 is 2.42 bits per heavy atom. The fourth-order valence-corrected chi connectivity index (χ4v) is 2.02. The first kappa shape index (κ1) is 13.1. The summed E-state index contributed by atoms with van der Waals surface area (Å²) < 4.78 is 5.12. The van der Waals surface area contributed by atoms with Gasteiger partial charge in [0.15, 0.2) is 6.61 Å². The third-order valence-electron chi connectivity index (χ3n) is 3.02. The largest absolute Gasteiger partial charge is 0.479 e. The van der Waals surface area contributed by atoms with Crippen LogP contribution in [0.2, 0.25) is 0 Å². The molecule has 2 amide bonds. The minimum absolute atomic E-state index is 0.0338. The van der Waals surface area contributed by atoms with Crippen LogP contribution in [0.15, 0.2) is 24.3 Å². The highest BCUT2D eigenvalue weighted by molar-refractivity contribution is 6.22. The lowest BCUT2D eigenvalue weighted by Gasteiger charge is -2.17. The molecule has 0 saturated carbocycles. The molecule has 1 heterocycles.